The Labute approximate surface area is 59.0 Å². The molecule has 1 atom stereocenters. The smallest absolute Gasteiger partial charge is 0.0259 e. The van der Waals surface area contributed by atoms with Crippen LogP contribution in [0.3, 0.4) is 0 Å². The molecule has 53 valence electrons. The van der Waals surface area contributed by atoms with E-state index in [-0.39, 0.29) is 0 Å². The van der Waals surface area contributed by atoms with Crippen molar-refractivity contribution < 1.29 is 0 Å². The van der Waals surface area contributed by atoms with Gasteiger partial charge in [-0.15, -0.1) is 0 Å². The summed E-state index contributed by atoms with van der Waals surface area (Å²) in [6.45, 7) is 9.71. The highest BCUT2D eigenvalue weighted by molar-refractivity contribution is 4.71. The van der Waals surface area contributed by atoms with E-state index in [1.54, 1.807) is 6.08 Å². The summed E-state index contributed by atoms with van der Waals surface area (Å²) >= 11 is 0. The van der Waals surface area contributed by atoms with Gasteiger partial charge in [0.05, 0.1) is 0 Å². The van der Waals surface area contributed by atoms with Crippen LogP contribution in [0.2, 0.25) is 0 Å². The molecule has 0 aliphatic rings. The van der Waals surface area contributed by atoms with Crippen LogP contribution in [0.5, 0.6) is 0 Å². The summed E-state index contributed by atoms with van der Waals surface area (Å²) in [5, 5.41) is 0. The molecule has 0 amide bonds. The molecule has 0 fully saturated rings. The van der Waals surface area contributed by atoms with Crippen molar-refractivity contribution in [3.63, 3.8) is 0 Å². The predicted octanol–water partition coefficient (Wildman–Crippen LogP) is 3.19. The molecule has 0 aliphatic carbocycles. The molecule has 1 radical (unpaired) electrons. The molecule has 0 aromatic rings. The number of allylic oxidation sites excluding steroid dienone is 1. The lowest BCUT2D eigenvalue weighted by molar-refractivity contribution is 0.576. The molecule has 0 rings (SSSR count). The Hall–Kier alpha value is -0.260. The first kappa shape index (κ1) is 8.74. The van der Waals surface area contributed by atoms with Crippen molar-refractivity contribution in [2.45, 2.75) is 39.5 Å². The first-order chi connectivity index (χ1) is 4.31. The minimum Gasteiger partial charge on any atom is -0.0817 e. The first-order valence-electron chi connectivity index (χ1n) is 3.86. The minimum absolute atomic E-state index is 0.608. The maximum atomic E-state index is 5.33. The van der Waals surface area contributed by atoms with Gasteiger partial charge in [0.1, 0.15) is 0 Å². The van der Waals surface area contributed by atoms with Gasteiger partial charge in [0.15, 0.2) is 0 Å². The second kappa shape index (κ2) is 5.87. The number of hydrogen-bond acceptors (Lipinski definition) is 0. The van der Waals surface area contributed by atoms with Crippen LogP contribution < -0.4 is 0 Å². The summed E-state index contributed by atoms with van der Waals surface area (Å²) in [7, 11) is 0. The highest BCUT2D eigenvalue weighted by atomic mass is 14.0. The molecule has 0 heteroatoms. The second-order valence-corrected chi connectivity index (χ2v) is 2.67. The van der Waals surface area contributed by atoms with Crippen LogP contribution in [-0.4, -0.2) is 0 Å². The number of rotatable bonds is 5. The van der Waals surface area contributed by atoms with Gasteiger partial charge in [0.2, 0.25) is 0 Å². The van der Waals surface area contributed by atoms with Crippen molar-refractivity contribution in [2.75, 3.05) is 0 Å². The average molecular weight is 125 g/mol. The lowest BCUT2D eigenvalue weighted by Crippen LogP contribution is -1.87. The normalized spacial score (nSPS) is 13.1. The van der Waals surface area contributed by atoms with Crippen molar-refractivity contribution in [1.29, 1.82) is 0 Å². The fourth-order valence-electron chi connectivity index (χ4n) is 0.813. The molecular weight excluding hydrogens is 108 g/mol. The topological polar surface area (TPSA) is 0 Å². The van der Waals surface area contributed by atoms with Gasteiger partial charge >= 0.3 is 0 Å². The fourth-order valence-corrected chi connectivity index (χ4v) is 0.813. The van der Waals surface area contributed by atoms with Gasteiger partial charge in [-0.05, 0) is 12.3 Å². The van der Waals surface area contributed by atoms with Crippen LogP contribution in [0.1, 0.15) is 39.5 Å². The minimum atomic E-state index is 0.608. The van der Waals surface area contributed by atoms with Crippen molar-refractivity contribution in [2.24, 2.45) is 5.92 Å². The summed E-state index contributed by atoms with van der Waals surface area (Å²) < 4.78 is 0. The Morgan fingerprint density at radius 2 is 2.11 bits per heavy atom. The van der Waals surface area contributed by atoms with E-state index in [0.29, 0.717) is 5.92 Å². The van der Waals surface area contributed by atoms with Crippen LogP contribution in [0.25, 0.3) is 0 Å². The second-order valence-electron chi connectivity index (χ2n) is 2.67. The number of hydrogen-bond donors (Lipinski definition) is 0. The third kappa shape index (κ3) is 5.61. The molecule has 0 saturated carbocycles. The van der Waals surface area contributed by atoms with Gasteiger partial charge in [-0.25, -0.2) is 0 Å². The van der Waals surface area contributed by atoms with Crippen LogP contribution >= 0.6 is 0 Å². The third-order valence-electron chi connectivity index (χ3n) is 1.59. The zero-order chi connectivity index (χ0) is 7.11. The molecular formula is C9H17. The van der Waals surface area contributed by atoms with Gasteiger partial charge in [-0.3, -0.25) is 0 Å². The Bertz CT molecular complexity index is 64.4. The first-order valence-corrected chi connectivity index (χ1v) is 3.86. The van der Waals surface area contributed by atoms with Crippen molar-refractivity contribution >= 4 is 0 Å². The summed E-state index contributed by atoms with van der Waals surface area (Å²) in [5.41, 5.74) is 0. The predicted molar refractivity (Wildman–Crippen MR) is 42.2 cm³/mol. The van der Waals surface area contributed by atoms with E-state index in [9.17, 15) is 0 Å². The van der Waals surface area contributed by atoms with Crippen LogP contribution in [-0.2, 0) is 0 Å². The Kier molecular flexibility index (Phi) is 5.70. The lowest BCUT2D eigenvalue weighted by Gasteiger charge is -2.02. The van der Waals surface area contributed by atoms with E-state index in [2.05, 4.69) is 13.8 Å². The van der Waals surface area contributed by atoms with Crippen molar-refractivity contribution in [3.05, 3.63) is 12.7 Å². The van der Waals surface area contributed by atoms with E-state index < -0.39 is 0 Å². The van der Waals surface area contributed by atoms with E-state index in [1.165, 1.54) is 25.7 Å². The molecule has 1 unspecified atom stereocenters. The van der Waals surface area contributed by atoms with Gasteiger partial charge in [-0.2, -0.15) is 0 Å². The number of unbranched alkanes of at least 4 members (excludes halogenated alkanes) is 2. The fraction of sp³-hybridized carbons (Fsp3) is 0.778. The molecule has 0 heterocycles. The Morgan fingerprint density at radius 3 is 2.56 bits per heavy atom. The molecule has 0 N–H and O–H groups in total. The zero-order valence-corrected chi connectivity index (χ0v) is 6.56. The standard InChI is InChI=1S/C9H17/c1-4-6-7-8-9(3)5-2/h2,5,9H,4,6-8H2,1,3H3. The monoisotopic (exact) mass is 125 g/mol. The summed E-state index contributed by atoms with van der Waals surface area (Å²) in [5.74, 6) is 0.608. The zero-order valence-electron chi connectivity index (χ0n) is 6.56. The summed E-state index contributed by atoms with van der Waals surface area (Å²) in [4.78, 5) is 0. The molecule has 0 aromatic carbocycles. The third-order valence-corrected chi connectivity index (χ3v) is 1.59. The van der Waals surface area contributed by atoms with Crippen LogP contribution in [0, 0.1) is 12.5 Å². The maximum Gasteiger partial charge on any atom is -0.0259 e. The lowest BCUT2D eigenvalue weighted by atomic mass is 10.0. The summed E-state index contributed by atoms with van der Waals surface area (Å²) in [6, 6.07) is 0. The van der Waals surface area contributed by atoms with Crippen LogP contribution in [0.4, 0.5) is 0 Å². The SMILES string of the molecule is [CH]=CC(C)CCCCC. The van der Waals surface area contributed by atoms with Crippen LogP contribution in [0.15, 0.2) is 6.08 Å². The molecule has 0 aliphatic heterocycles. The highest BCUT2D eigenvalue weighted by Gasteiger charge is 1.93. The molecule has 0 saturated heterocycles. The van der Waals surface area contributed by atoms with Gasteiger partial charge in [-0.1, -0.05) is 45.8 Å². The van der Waals surface area contributed by atoms with E-state index in [4.69, 9.17) is 6.58 Å². The van der Waals surface area contributed by atoms with Gasteiger partial charge in [0, 0.05) is 0 Å². The van der Waals surface area contributed by atoms with Crippen molar-refractivity contribution in [3.8, 4) is 0 Å². The molecule has 0 bridgehead atoms. The maximum absolute atomic E-state index is 5.33. The van der Waals surface area contributed by atoms with Gasteiger partial charge in [0.25, 0.3) is 0 Å². The Balaban J connectivity index is 2.96. The molecule has 0 aromatic heterocycles. The highest BCUT2D eigenvalue weighted by Crippen LogP contribution is 2.08. The van der Waals surface area contributed by atoms with E-state index in [0.717, 1.165) is 0 Å². The Morgan fingerprint density at radius 1 is 1.44 bits per heavy atom. The average Bonchev–Trinajstić information content (AvgIpc) is 1.89. The van der Waals surface area contributed by atoms with E-state index in [1.807, 2.05) is 0 Å². The molecule has 0 spiro atoms. The van der Waals surface area contributed by atoms with Crippen molar-refractivity contribution in [1.82, 2.24) is 0 Å². The quantitative estimate of drug-likeness (QED) is 0.495. The molecule has 9 heavy (non-hydrogen) atoms. The van der Waals surface area contributed by atoms with Gasteiger partial charge < -0.3 is 0 Å². The van der Waals surface area contributed by atoms with E-state index >= 15 is 0 Å². The summed E-state index contributed by atoms with van der Waals surface area (Å²) in [6.07, 6.45) is 7.01. The molecule has 0 nitrogen and oxygen atoms in total. The largest absolute Gasteiger partial charge is 0.0817 e.